The Kier molecular flexibility index (Phi) is 8.45. The maximum absolute atomic E-state index is 14.7. The van der Waals surface area contributed by atoms with Gasteiger partial charge in [0, 0.05) is 49.3 Å². The predicted octanol–water partition coefficient (Wildman–Crippen LogP) is 4.65. The van der Waals surface area contributed by atoms with Gasteiger partial charge >= 0.3 is 0 Å². The van der Waals surface area contributed by atoms with Crippen LogP contribution in [0.3, 0.4) is 0 Å². The summed E-state index contributed by atoms with van der Waals surface area (Å²) in [5.74, 6) is -0.472. The van der Waals surface area contributed by atoms with Gasteiger partial charge in [-0.05, 0) is 73.9 Å². The third-order valence-corrected chi connectivity index (χ3v) is 9.10. The number of hydrogen-bond donors (Lipinski definition) is 3. The van der Waals surface area contributed by atoms with Gasteiger partial charge in [0.15, 0.2) is 0 Å². The van der Waals surface area contributed by atoms with Gasteiger partial charge in [-0.1, -0.05) is 37.3 Å². The highest BCUT2D eigenvalue weighted by Gasteiger charge is 2.46. The van der Waals surface area contributed by atoms with Crippen LogP contribution in [-0.4, -0.2) is 52.7 Å². The number of nitrogens with zero attached hydrogens (tertiary/aromatic N) is 2. The normalized spacial score (nSPS) is 20.2. The molecule has 3 heterocycles. The summed E-state index contributed by atoms with van der Waals surface area (Å²) in [6.07, 6.45) is 7.13. The molecule has 3 N–H and O–H groups in total. The number of hydrogen-bond acceptors (Lipinski definition) is 6. The Morgan fingerprint density at radius 2 is 1.98 bits per heavy atom. The number of ether oxygens (including phenoxy) is 1. The van der Waals surface area contributed by atoms with Crippen molar-refractivity contribution in [2.24, 2.45) is 0 Å². The molecule has 9 heteroatoms. The average molecular weight is 587 g/mol. The largest absolute Gasteiger partial charge is 0.471 e. The minimum Gasteiger partial charge on any atom is -0.471 e. The van der Waals surface area contributed by atoms with E-state index in [9.17, 15) is 19.1 Å². The molecule has 8 nitrogen and oxygen atoms in total. The van der Waals surface area contributed by atoms with E-state index >= 15 is 0 Å². The van der Waals surface area contributed by atoms with Crippen LogP contribution in [0.5, 0.6) is 5.88 Å². The summed E-state index contributed by atoms with van der Waals surface area (Å²) in [6.45, 7) is 2.76. The molecule has 0 unspecified atom stereocenters. The second-order valence-electron chi connectivity index (χ2n) is 12.0. The lowest BCUT2D eigenvalue weighted by molar-refractivity contribution is -0.117. The van der Waals surface area contributed by atoms with Crippen LogP contribution in [0.15, 0.2) is 60.8 Å². The van der Waals surface area contributed by atoms with Crippen LogP contribution in [0.2, 0.25) is 0 Å². The molecule has 0 radical (unpaired) electrons. The van der Waals surface area contributed by atoms with E-state index in [2.05, 4.69) is 28.6 Å². The van der Waals surface area contributed by atoms with E-state index in [1.54, 1.807) is 0 Å². The Morgan fingerprint density at radius 1 is 1.16 bits per heavy atom. The lowest BCUT2D eigenvalue weighted by Gasteiger charge is -2.47. The first kappa shape index (κ1) is 29.3. The quantitative estimate of drug-likeness (QED) is 0.320. The number of carbonyl (C=O) groups is 2. The number of carbonyl (C=O) groups excluding carboxylic acids is 2. The van der Waals surface area contributed by atoms with Crippen LogP contribution in [-0.2, 0) is 17.6 Å². The van der Waals surface area contributed by atoms with E-state index < -0.39 is 23.9 Å². The molecule has 0 bridgehead atoms. The van der Waals surface area contributed by atoms with Crippen LogP contribution in [0.25, 0.3) is 0 Å². The van der Waals surface area contributed by atoms with Gasteiger partial charge < -0.3 is 25.4 Å². The Bertz CT molecular complexity index is 1480. The number of rotatable bonds is 10. The summed E-state index contributed by atoms with van der Waals surface area (Å²) in [5, 5.41) is 18.1. The van der Waals surface area contributed by atoms with Gasteiger partial charge in [0.2, 0.25) is 11.8 Å². The van der Waals surface area contributed by atoms with Gasteiger partial charge in [-0.25, -0.2) is 9.37 Å². The standard InChI is InChI=1S/C34H39FN4O4/c1-2-22-16-25-28(19-34(13-7-14-34)43-33(25)37-20-22)36-21-30(40)27(17-23-8-4-3-5-9-23)38-32(42)24-11-12-26(35)29(18-24)39-15-6-10-31(39)41/h3-5,8-9,11-12,16,18,20,27-28,30,36,40H,2,6-7,10,13-15,17,19,21H2,1H3,(H,38,42)/t27-,28-,30+/m0/s1. The van der Waals surface area contributed by atoms with Crippen molar-refractivity contribution in [2.75, 3.05) is 18.0 Å². The third-order valence-electron chi connectivity index (χ3n) is 9.10. The molecule has 2 aliphatic heterocycles. The molecule has 43 heavy (non-hydrogen) atoms. The minimum absolute atomic E-state index is 0.0385. The number of aliphatic hydroxyl groups is 1. The second-order valence-corrected chi connectivity index (χ2v) is 12.0. The fourth-order valence-corrected chi connectivity index (χ4v) is 6.40. The number of halogens is 1. The lowest BCUT2D eigenvalue weighted by Crippen LogP contribution is -2.52. The van der Waals surface area contributed by atoms with Crippen LogP contribution < -0.4 is 20.3 Å². The summed E-state index contributed by atoms with van der Waals surface area (Å²) in [4.78, 5) is 31.8. The van der Waals surface area contributed by atoms with Gasteiger partial charge in [0.05, 0.1) is 17.8 Å². The molecule has 3 aromatic rings. The van der Waals surface area contributed by atoms with Crippen molar-refractivity contribution < 1.29 is 23.8 Å². The number of benzene rings is 2. The van der Waals surface area contributed by atoms with Crippen molar-refractivity contribution in [3.05, 3.63) is 88.9 Å². The third kappa shape index (κ3) is 6.28. The van der Waals surface area contributed by atoms with Crippen LogP contribution in [0.4, 0.5) is 10.1 Å². The molecule has 226 valence electrons. The number of aryl methyl sites for hydroxylation is 1. The molecule has 3 aliphatic rings. The van der Waals surface area contributed by atoms with Crippen molar-refractivity contribution in [2.45, 2.75) is 82.1 Å². The van der Waals surface area contributed by atoms with E-state index in [-0.39, 0.29) is 35.3 Å². The van der Waals surface area contributed by atoms with Crippen molar-refractivity contribution in [3.8, 4) is 5.88 Å². The fraction of sp³-hybridized carbons (Fsp3) is 0.441. The molecular formula is C34H39FN4O4. The number of pyridine rings is 1. The smallest absolute Gasteiger partial charge is 0.251 e. The molecule has 3 atom stereocenters. The number of nitrogens with one attached hydrogen (secondary N) is 2. The average Bonchev–Trinajstić information content (AvgIpc) is 3.44. The zero-order valence-corrected chi connectivity index (χ0v) is 24.5. The highest BCUT2D eigenvalue weighted by Crippen LogP contribution is 2.48. The molecule has 1 spiro atoms. The fourth-order valence-electron chi connectivity index (χ4n) is 6.40. The molecule has 1 saturated heterocycles. The first-order valence-electron chi connectivity index (χ1n) is 15.4. The maximum Gasteiger partial charge on any atom is 0.251 e. The molecule has 1 aliphatic carbocycles. The van der Waals surface area contributed by atoms with Crippen LogP contribution in [0, 0.1) is 5.82 Å². The van der Waals surface area contributed by atoms with Gasteiger partial charge in [-0.2, -0.15) is 0 Å². The number of aromatic nitrogens is 1. The zero-order valence-electron chi connectivity index (χ0n) is 24.5. The topological polar surface area (TPSA) is 104 Å². The Morgan fingerprint density at radius 3 is 2.67 bits per heavy atom. The molecule has 2 aromatic carbocycles. The number of aliphatic hydroxyl groups excluding tert-OH is 1. The zero-order chi connectivity index (χ0) is 30.0. The van der Waals surface area contributed by atoms with Gasteiger partial charge in [0.25, 0.3) is 5.91 Å². The minimum atomic E-state index is -0.921. The second kappa shape index (κ2) is 12.4. The summed E-state index contributed by atoms with van der Waals surface area (Å²) < 4.78 is 21.0. The molecule has 2 fully saturated rings. The summed E-state index contributed by atoms with van der Waals surface area (Å²) in [6, 6.07) is 15.2. The van der Waals surface area contributed by atoms with Crippen LogP contribution in [0.1, 0.15) is 78.5 Å². The molecule has 1 aromatic heterocycles. The van der Waals surface area contributed by atoms with Gasteiger partial charge in [-0.15, -0.1) is 0 Å². The highest BCUT2D eigenvalue weighted by atomic mass is 19.1. The lowest BCUT2D eigenvalue weighted by atomic mass is 9.73. The number of fused-ring (bicyclic) bond motifs is 1. The van der Waals surface area contributed by atoms with E-state index in [4.69, 9.17) is 4.74 Å². The Balaban J connectivity index is 1.20. The van der Waals surface area contributed by atoms with Crippen molar-refractivity contribution in [3.63, 3.8) is 0 Å². The maximum atomic E-state index is 14.7. The van der Waals surface area contributed by atoms with Crippen molar-refractivity contribution in [1.82, 2.24) is 15.6 Å². The molecule has 6 rings (SSSR count). The van der Waals surface area contributed by atoms with E-state index in [0.29, 0.717) is 31.7 Å². The Hall–Kier alpha value is -3.82. The molecule has 2 amide bonds. The monoisotopic (exact) mass is 586 g/mol. The predicted molar refractivity (Wildman–Crippen MR) is 162 cm³/mol. The van der Waals surface area contributed by atoms with E-state index in [1.165, 1.54) is 23.1 Å². The summed E-state index contributed by atoms with van der Waals surface area (Å²) in [5.41, 5.74) is 3.23. The van der Waals surface area contributed by atoms with Gasteiger partial charge in [0.1, 0.15) is 11.4 Å². The van der Waals surface area contributed by atoms with E-state index in [0.717, 1.165) is 48.8 Å². The number of amides is 2. The first-order valence-corrected chi connectivity index (χ1v) is 15.4. The SMILES string of the molecule is CCc1cnc2c(c1)[C@@H](NC[C@@H](O)[C@H](Cc1ccccc1)NC(=O)c1ccc(F)c(N3CCCC3=O)c1)CC1(CCC1)O2. The molecule has 1 saturated carbocycles. The van der Waals surface area contributed by atoms with E-state index in [1.807, 2.05) is 36.5 Å². The van der Waals surface area contributed by atoms with Gasteiger partial charge in [-0.3, -0.25) is 9.59 Å². The molecular weight excluding hydrogens is 547 g/mol. The van der Waals surface area contributed by atoms with Crippen LogP contribution >= 0.6 is 0 Å². The van der Waals surface area contributed by atoms with Crippen molar-refractivity contribution in [1.29, 1.82) is 0 Å². The highest BCUT2D eigenvalue weighted by molar-refractivity contribution is 5.99. The first-order chi connectivity index (χ1) is 20.8. The number of anilines is 1. The summed E-state index contributed by atoms with van der Waals surface area (Å²) in [7, 11) is 0. The Labute approximate surface area is 251 Å². The van der Waals surface area contributed by atoms with Crippen molar-refractivity contribution >= 4 is 17.5 Å². The summed E-state index contributed by atoms with van der Waals surface area (Å²) >= 11 is 0.